The molecule has 1 saturated carbocycles. The molecule has 1 heterocycles. The second-order valence-corrected chi connectivity index (χ2v) is 4.52. The second kappa shape index (κ2) is 7.53. The monoisotopic (exact) mass is 306 g/mol. The number of nitrogens with zero attached hydrogens (tertiary/aromatic N) is 2. The van der Waals surface area contributed by atoms with E-state index >= 15 is 0 Å². The Balaban J connectivity index is 0.00000162. The Morgan fingerprint density at radius 2 is 2.11 bits per heavy atom. The number of halogens is 2. The number of ether oxygens (including phenoxy) is 1. The highest BCUT2D eigenvalue weighted by molar-refractivity contribution is 5.85. The molecule has 1 fully saturated rings. The third-order valence-electron chi connectivity index (χ3n) is 3.16. The molecule has 0 spiro atoms. The van der Waals surface area contributed by atoms with Gasteiger partial charge in [-0.2, -0.15) is 4.98 Å². The highest BCUT2D eigenvalue weighted by atomic mass is 35.5. The predicted octanol–water partition coefficient (Wildman–Crippen LogP) is 2.20. The molecule has 19 heavy (non-hydrogen) atoms. The molecule has 0 amide bonds. The van der Waals surface area contributed by atoms with Gasteiger partial charge in [-0.15, -0.1) is 24.8 Å². The van der Waals surface area contributed by atoms with Crippen LogP contribution >= 0.6 is 24.8 Å². The minimum absolute atomic E-state index is 0. The van der Waals surface area contributed by atoms with Crippen molar-refractivity contribution in [2.24, 2.45) is 5.73 Å². The van der Waals surface area contributed by atoms with E-state index in [1.165, 1.54) is 6.42 Å². The van der Waals surface area contributed by atoms with Crippen molar-refractivity contribution in [2.75, 3.05) is 12.8 Å². The third-order valence-corrected chi connectivity index (χ3v) is 3.16. The van der Waals surface area contributed by atoms with Crippen molar-refractivity contribution in [1.82, 2.24) is 9.97 Å². The van der Waals surface area contributed by atoms with Crippen molar-refractivity contribution in [3.8, 4) is 5.88 Å². The summed E-state index contributed by atoms with van der Waals surface area (Å²) in [6.45, 7) is 0. The van der Waals surface area contributed by atoms with E-state index in [0.29, 0.717) is 5.88 Å². The first-order chi connectivity index (χ1) is 8.13. The predicted molar refractivity (Wildman–Crippen MR) is 81.9 cm³/mol. The van der Waals surface area contributed by atoms with E-state index < -0.39 is 0 Å². The molecule has 0 aliphatic heterocycles. The van der Waals surface area contributed by atoms with Crippen LogP contribution in [-0.4, -0.2) is 22.6 Å². The summed E-state index contributed by atoms with van der Waals surface area (Å²) in [5.41, 5.74) is 12.4. The van der Waals surface area contributed by atoms with Gasteiger partial charge in [0, 0.05) is 11.7 Å². The Hall–Kier alpha value is -1.04. The lowest BCUT2D eigenvalue weighted by Gasteiger charge is -2.37. The average molecular weight is 307 g/mol. The smallest absolute Gasteiger partial charge is 0.225 e. The molecular formula is C12H20Cl2N4O. The minimum Gasteiger partial charge on any atom is -0.480 e. The van der Waals surface area contributed by atoms with Crippen LogP contribution in [0.4, 0.5) is 5.95 Å². The molecule has 0 aromatic carbocycles. The van der Waals surface area contributed by atoms with Crippen molar-refractivity contribution in [3.05, 3.63) is 17.8 Å². The summed E-state index contributed by atoms with van der Waals surface area (Å²) in [6.07, 6.45) is 9.96. The Bertz CT molecular complexity index is 436. The van der Waals surface area contributed by atoms with Crippen LogP contribution in [-0.2, 0) is 0 Å². The molecule has 0 radical (unpaired) electrons. The fourth-order valence-electron chi connectivity index (χ4n) is 1.92. The fourth-order valence-corrected chi connectivity index (χ4v) is 1.92. The zero-order valence-electron chi connectivity index (χ0n) is 10.8. The standard InChI is InChI=1S/C12H18N4O.2ClH/c1-17-10-9(8-15-11(13)16-10)4-2-5-12(14)6-3-7-12;;/h2,4,8H,3,5-7,14H2,1H3,(H2,13,15,16);2*1H/b4-2+;;. The zero-order chi connectivity index (χ0) is 12.3. The van der Waals surface area contributed by atoms with Gasteiger partial charge in [-0.3, -0.25) is 0 Å². The number of aromatic nitrogens is 2. The van der Waals surface area contributed by atoms with Crippen molar-refractivity contribution in [3.63, 3.8) is 0 Å². The molecular weight excluding hydrogens is 287 g/mol. The van der Waals surface area contributed by atoms with Gasteiger partial charge in [0.05, 0.1) is 12.7 Å². The first-order valence-electron chi connectivity index (χ1n) is 5.75. The molecule has 1 aliphatic carbocycles. The topological polar surface area (TPSA) is 87.0 Å². The molecule has 1 aliphatic rings. The Labute approximate surface area is 125 Å². The molecule has 108 valence electrons. The van der Waals surface area contributed by atoms with Crippen molar-refractivity contribution in [1.29, 1.82) is 0 Å². The summed E-state index contributed by atoms with van der Waals surface area (Å²) in [7, 11) is 1.56. The summed E-state index contributed by atoms with van der Waals surface area (Å²) in [5.74, 6) is 0.710. The summed E-state index contributed by atoms with van der Waals surface area (Å²) in [6, 6.07) is 0. The molecule has 0 unspecified atom stereocenters. The normalized spacial score (nSPS) is 16.1. The molecule has 5 nitrogen and oxygen atoms in total. The Morgan fingerprint density at radius 1 is 1.42 bits per heavy atom. The van der Waals surface area contributed by atoms with Gasteiger partial charge >= 0.3 is 0 Å². The maximum atomic E-state index is 6.13. The lowest BCUT2D eigenvalue weighted by atomic mass is 9.75. The van der Waals surface area contributed by atoms with E-state index in [1.54, 1.807) is 13.3 Å². The first kappa shape index (κ1) is 18.0. The van der Waals surface area contributed by atoms with Crippen LogP contribution in [0.1, 0.15) is 31.2 Å². The van der Waals surface area contributed by atoms with Crippen LogP contribution in [0.15, 0.2) is 12.3 Å². The van der Waals surface area contributed by atoms with E-state index in [9.17, 15) is 0 Å². The second-order valence-electron chi connectivity index (χ2n) is 4.52. The van der Waals surface area contributed by atoms with Crippen molar-refractivity contribution in [2.45, 2.75) is 31.2 Å². The quantitative estimate of drug-likeness (QED) is 0.890. The maximum Gasteiger partial charge on any atom is 0.225 e. The van der Waals surface area contributed by atoms with Crippen LogP contribution in [0, 0.1) is 0 Å². The summed E-state index contributed by atoms with van der Waals surface area (Å²) in [4.78, 5) is 7.94. The lowest BCUT2D eigenvalue weighted by molar-refractivity contribution is 0.252. The van der Waals surface area contributed by atoms with Crippen LogP contribution < -0.4 is 16.2 Å². The van der Waals surface area contributed by atoms with E-state index in [1.807, 2.05) is 6.08 Å². The number of anilines is 1. The van der Waals surface area contributed by atoms with Crippen molar-refractivity contribution >= 4 is 36.8 Å². The Kier molecular flexibility index (Phi) is 7.11. The zero-order valence-corrected chi connectivity index (χ0v) is 12.5. The van der Waals surface area contributed by atoms with E-state index in [0.717, 1.165) is 24.8 Å². The minimum atomic E-state index is -0.00159. The van der Waals surface area contributed by atoms with Gasteiger partial charge in [-0.1, -0.05) is 12.2 Å². The van der Waals surface area contributed by atoms with E-state index in [-0.39, 0.29) is 36.3 Å². The Morgan fingerprint density at radius 3 is 2.63 bits per heavy atom. The lowest BCUT2D eigenvalue weighted by Crippen LogP contribution is -2.45. The number of rotatable bonds is 4. The van der Waals surface area contributed by atoms with Crippen LogP contribution in [0.5, 0.6) is 5.88 Å². The highest BCUT2D eigenvalue weighted by Crippen LogP contribution is 2.32. The third kappa shape index (κ3) is 4.53. The van der Waals surface area contributed by atoms with Gasteiger partial charge < -0.3 is 16.2 Å². The molecule has 4 N–H and O–H groups in total. The molecule has 7 heteroatoms. The van der Waals surface area contributed by atoms with E-state index in [2.05, 4.69) is 16.0 Å². The number of nitrogen functional groups attached to an aromatic ring is 1. The van der Waals surface area contributed by atoms with Crippen molar-refractivity contribution < 1.29 is 4.74 Å². The van der Waals surface area contributed by atoms with E-state index in [4.69, 9.17) is 16.2 Å². The summed E-state index contributed by atoms with van der Waals surface area (Å²) >= 11 is 0. The number of nitrogens with two attached hydrogens (primary N) is 2. The molecule has 0 saturated heterocycles. The van der Waals surface area contributed by atoms with Gasteiger partial charge in [-0.05, 0) is 25.7 Å². The number of methoxy groups -OCH3 is 1. The largest absolute Gasteiger partial charge is 0.480 e. The highest BCUT2D eigenvalue weighted by Gasteiger charge is 2.30. The van der Waals surface area contributed by atoms with Crippen LogP contribution in [0.3, 0.4) is 0 Å². The van der Waals surface area contributed by atoms with Gasteiger partial charge in [0.1, 0.15) is 0 Å². The van der Waals surface area contributed by atoms with Gasteiger partial charge in [-0.25, -0.2) is 4.98 Å². The molecule has 1 aromatic heterocycles. The summed E-state index contributed by atoms with van der Waals surface area (Å²) < 4.78 is 5.14. The molecule has 0 atom stereocenters. The van der Waals surface area contributed by atoms with Gasteiger partial charge in [0.25, 0.3) is 0 Å². The molecule has 1 aromatic rings. The SMILES string of the molecule is COc1nc(N)ncc1/C=C/CC1(N)CCC1.Cl.Cl. The number of hydrogen-bond donors (Lipinski definition) is 2. The van der Waals surface area contributed by atoms with Crippen LogP contribution in [0.25, 0.3) is 6.08 Å². The summed E-state index contributed by atoms with van der Waals surface area (Å²) in [5, 5.41) is 0. The molecule has 2 rings (SSSR count). The average Bonchev–Trinajstić information content (AvgIpc) is 2.28. The van der Waals surface area contributed by atoms with Gasteiger partial charge in [0.2, 0.25) is 11.8 Å². The maximum absolute atomic E-state index is 6.13. The molecule has 0 bridgehead atoms. The van der Waals surface area contributed by atoms with Gasteiger partial charge in [0.15, 0.2) is 0 Å². The van der Waals surface area contributed by atoms with Crippen LogP contribution in [0.2, 0.25) is 0 Å². The fraction of sp³-hybridized carbons (Fsp3) is 0.500. The number of hydrogen-bond acceptors (Lipinski definition) is 5. The first-order valence-corrected chi connectivity index (χ1v) is 5.75.